The number of nitrogens with one attached hydrogen (secondary N) is 2. The maximum atomic E-state index is 13.2. The molecule has 0 saturated carbocycles. The highest BCUT2D eigenvalue weighted by Crippen LogP contribution is 2.39. The van der Waals surface area contributed by atoms with Crippen LogP contribution in [-0.4, -0.2) is 66.1 Å². The van der Waals surface area contributed by atoms with Crippen LogP contribution >= 0.6 is 23.2 Å². The lowest BCUT2D eigenvalue weighted by Gasteiger charge is -2.40. The van der Waals surface area contributed by atoms with Crippen LogP contribution in [0.5, 0.6) is 11.5 Å². The molecule has 1 unspecified atom stereocenters. The predicted molar refractivity (Wildman–Crippen MR) is 156 cm³/mol. The van der Waals surface area contributed by atoms with Crippen LogP contribution in [0.3, 0.4) is 0 Å². The van der Waals surface area contributed by atoms with Gasteiger partial charge in [-0.15, -0.1) is 0 Å². The zero-order chi connectivity index (χ0) is 34.4. The number of carbonyl (C=O) groups is 3. The first-order chi connectivity index (χ1) is 21.3. The van der Waals surface area contributed by atoms with Crippen molar-refractivity contribution in [3.63, 3.8) is 0 Å². The number of amides is 1. The van der Waals surface area contributed by atoms with Crippen LogP contribution in [0.4, 0.5) is 32.0 Å². The minimum atomic E-state index is -5.39. The third-order valence-electron chi connectivity index (χ3n) is 6.82. The van der Waals surface area contributed by atoms with Crippen LogP contribution in [0.25, 0.3) is 0 Å². The van der Waals surface area contributed by atoms with Crippen molar-refractivity contribution in [3.05, 3.63) is 52.0 Å². The highest BCUT2D eigenvalue weighted by atomic mass is 35.5. The van der Waals surface area contributed by atoms with Gasteiger partial charge in [-0.25, -0.2) is 9.59 Å². The largest absolute Gasteiger partial charge is 0.491 e. The number of likely N-dealkylation sites (tertiary alicyclic amines) is 1. The number of hydrogen-bond acceptors (Lipinski definition) is 8. The standard InChI is InChI=1S/C29H31Cl2F6N3O6/c1-4-23(41)39-20-13-19(31)21(45-25(42)28(32,33)34)14-22(20)44-24(27(2,3)46-26(43)29(35,36)37)38-18-9-11-40(12-10-18)15-16-5-7-17(30)8-6-16/h5-8,13-14,18,24,38H,4,9-12,15H2,1-3H3,(H,39,41). The van der Waals surface area contributed by atoms with Gasteiger partial charge in [0.1, 0.15) is 5.75 Å². The quantitative estimate of drug-likeness (QED) is 0.116. The summed E-state index contributed by atoms with van der Waals surface area (Å²) in [4.78, 5) is 37.7. The summed E-state index contributed by atoms with van der Waals surface area (Å²) in [6.45, 7) is 5.51. The Labute approximate surface area is 270 Å². The summed E-state index contributed by atoms with van der Waals surface area (Å²) in [5.74, 6) is -6.95. The minimum Gasteiger partial charge on any atom is -0.469 e. The fourth-order valence-corrected chi connectivity index (χ4v) is 4.71. The molecule has 0 aromatic heterocycles. The zero-order valence-corrected chi connectivity index (χ0v) is 26.3. The Balaban J connectivity index is 1.91. The average molecular weight is 702 g/mol. The molecule has 17 heteroatoms. The molecular weight excluding hydrogens is 671 g/mol. The molecule has 0 spiro atoms. The number of anilines is 1. The molecule has 1 fully saturated rings. The van der Waals surface area contributed by atoms with Gasteiger partial charge in [0, 0.05) is 30.1 Å². The number of benzene rings is 2. The summed E-state index contributed by atoms with van der Waals surface area (Å²) in [6.07, 6.45) is -11.4. The van der Waals surface area contributed by atoms with Gasteiger partial charge in [0.05, 0.1) is 10.7 Å². The number of alkyl halides is 6. The van der Waals surface area contributed by atoms with Crippen LogP contribution in [0, 0.1) is 0 Å². The van der Waals surface area contributed by atoms with Gasteiger partial charge < -0.3 is 19.5 Å². The van der Waals surface area contributed by atoms with Gasteiger partial charge >= 0.3 is 24.3 Å². The number of ether oxygens (including phenoxy) is 3. The van der Waals surface area contributed by atoms with Crippen LogP contribution in [0.15, 0.2) is 36.4 Å². The second-order valence-electron chi connectivity index (χ2n) is 10.9. The summed E-state index contributed by atoms with van der Waals surface area (Å²) in [6, 6.07) is 8.62. The molecule has 254 valence electrons. The summed E-state index contributed by atoms with van der Waals surface area (Å²) < 4.78 is 93.4. The fourth-order valence-electron chi connectivity index (χ4n) is 4.38. The number of esters is 2. The van der Waals surface area contributed by atoms with E-state index in [0.29, 0.717) is 37.5 Å². The number of piperidine rings is 1. The summed E-state index contributed by atoms with van der Waals surface area (Å²) >= 11 is 12.0. The maximum absolute atomic E-state index is 13.2. The molecule has 3 rings (SSSR count). The van der Waals surface area contributed by atoms with E-state index >= 15 is 0 Å². The Morgan fingerprint density at radius 2 is 1.52 bits per heavy atom. The lowest BCUT2D eigenvalue weighted by atomic mass is 10.0. The van der Waals surface area contributed by atoms with E-state index in [9.17, 15) is 40.7 Å². The van der Waals surface area contributed by atoms with E-state index in [2.05, 4.69) is 20.3 Å². The van der Waals surface area contributed by atoms with Gasteiger partial charge in [0.25, 0.3) is 0 Å². The molecule has 2 aromatic carbocycles. The van der Waals surface area contributed by atoms with Gasteiger partial charge in [0.2, 0.25) is 5.91 Å². The molecule has 0 bridgehead atoms. The van der Waals surface area contributed by atoms with Crippen molar-refractivity contribution in [2.45, 2.75) is 76.8 Å². The van der Waals surface area contributed by atoms with E-state index in [-0.39, 0.29) is 18.2 Å². The molecule has 1 aliphatic rings. The Morgan fingerprint density at radius 3 is 2.07 bits per heavy atom. The van der Waals surface area contributed by atoms with Crippen molar-refractivity contribution in [1.82, 2.24) is 10.2 Å². The molecule has 2 N–H and O–H groups in total. The topological polar surface area (TPSA) is 106 Å². The van der Waals surface area contributed by atoms with Gasteiger partial charge in [0.15, 0.2) is 17.6 Å². The molecule has 0 aliphatic carbocycles. The van der Waals surface area contributed by atoms with Crippen LogP contribution < -0.4 is 20.1 Å². The molecule has 0 radical (unpaired) electrons. The summed E-state index contributed by atoms with van der Waals surface area (Å²) in [7, 11) is 0. The SMILES string of the molecule is CCC(=O)Nc1cc(Cl)c(OC(=O)C(F)(F)F)cc1OC(NC1CCN(Cc2ccc(Cl)cc2)CC1)C(C)(C)OC(=O)C(F)(F)F. The Hall–Kier alpha value is -3.27. The first-order valence-corrected chi connectivity index (χ1v) is 14.7. The normalized spacial score (nSPS) is 15.6. The second-order valence-corrected chi connectivity index (χ2v) is 11.7. The highest BCUT2D eigenvalue weighted by Gasteiger charge is 2.47. The van der Waals surface area contributed by atoms with E-state index < -0.39 is 58.5 Å². The molecule has 46 heavy (non-hydrogen) atoms. The number of rotatable bonds is 11. The average Bonchev–Trinajstić information content (AvgIpc) is 2.95. The van der Waals surface area contributed by atoms with E-state index in [1.54, 1.807) is 12.1 Å². The summed E-state index contributed by atoms with van der Waals surface area (Å²) in [5, 5.41) is 5.55. The monoisotopic (exact) mass is 701 g/mol. The van der Waals surface area contributed by atoms with E-state index in [4.69, 9.17) is 32.7 Å². The Bertz CT molecular complexity index is 1400. The van der Waals surface area contributed by atoms with Crippen molar-refractivity contribution < 1.29 is 54.9 Å². The van der Waals surface area contributed by atoms with Crippen molar-refractivity contribution in [3.8, 4) is 11.5 Å². The number of hydrogen-bond donors (Lipinski definition) is 2. The zero-order valence-electron chi connectivity index (χ0n) is 24.8. The van der Waals surface area contributed by atoms with E-state index in [0.717, 1.165) is 31.5 Å². The number of halogens is 8. The van der Waals surface area contributed by atoms with Gasteiger partial charge in [-0.1, -0.05) is 42.3 Å². The predicted octanol–water partition coefficient (Wildman–Crippen LogP) is 6.65. The minimum absolute atomic E-state index is 0.0488. The third-order valence-corrected chi connectivity index (χ3v) is 7.37. The molecule has 9 nitrogen and oxygen atoms in total. The molecular formula is C29H31Cl2F6N3O6. The van der Waals surface area contributed by atoms with Crippen LogP contribution in [0.2, 0.25) is 10.0 Å². The van der Waals surface area contributed by atoms with E-state index in [1.807, 2.05) is 12.1 Å². The Morgan fingerprint density at radius 1 is 0.935 bits per heavy atom. The van der Waals surface area contributed by atoms with Crippen molar-refractivity contribution in [1.29, 1.82) is 0 Å². The van der Waals surface area contributed by atoms with Gasteiger partial charge in [-0.2, -0.15) is 26.3 Å². The van der Waals surface area contributed by atoms with E-state index in [1.165, 1.54) is 6.92 Å². The van der Waals surface area contributed by atoms with Crippen LogP contribution in [-0.2, 0) is 25.7 Å². The fraction of sp³-hybridized carbons (Fsp3) is 0.483. The molecule has 1 amide bonds. The Kier molecular flexibility index (Phi) is 12.2. The molecule has 1 saturated heterocycles. The second kappa shape index (κ2) is 15.1. The van der Waals surface area contributed by atoms with Gasteiger partial charge in [-0.3, -0.25) is 15.0 Å². The smallest absolute Gasteiger partial charge is 0.469 e. The van der Waals surface area contributed by atoms with Crippen molar-refractivity contribution in [2.75, 3.05) is 18.4 Å². The first kappa shape index (κ1) is 37.2. The maximum Gasteiger partial charge on any atom is 0.491 e. The molecule has 1 aliphatic heterocycles. The summed E-state index contributed by atoms with van der Waals surface area (Å²) in [5.41, 5.74) is -1.24. The lowest BCUT2D eigenvalue weighted by molar-refractivity contribution is -0.219. The highest BCUT2D eigenvalue weighted by molar-refractivity contribution is 6.32. The molecule has 1 atom stereocenters. The lowest BCUT2D eigenvalue weighted by Crippen LogP contribution is -2.58. The number of carbonyl (C=O) groups excluding carboxylic acids is 3. The molecule has 2 aromatic rings. The third kappa shape index (κ3) is 10.6. The van der Waals surface area contributed by atoms with Crippen molar-refractivity contribution in [2.24, 2.45) is 0 Å². The van der Waals surface area contributed by atoms with Crippen LogP contribution in [0.1, 0.15) is 45.6 Å². The molecule has 1 heterocycles. The number of nitrogens with zero attached hydrogens (tertiary/aromatic N) is 1. The first-order valence-electron chi connectivity index (χ1n) is 13.9. The van der Waals surface area contributed by atoms with Gasteiger partial charge in [-0.05, 0) is 63.5 Å². The van der Waals surface area contributed by atoms with Crippen molar-refractivity contribution >= 4 is 46.7 Å².